The fourth-order valence-electron chi connectivity index (χ4n) is 15.2. The van der Waals surface area contributed by atoms with Crippen LogP contribution in [-0.4, -0.2) is 146 Å². The zero-order valence-corrected chi connectivity index (χ0v) is 34.4. The molecule has 4 aliphatic carbocycles. The lowest BCUT2D eigenvalue weighted by atomic mass is 9.35. The van der Waals surface area contributed by atoms with Gasteiger partial charge in [0.05, 0.1) is 43.2 Å². The van der Waals surface area contributed by atoms with E-state index in [1.165, 1.54) is 6.92 Å². The SMILES string of the molecule is C[C@@H]1O[C@@H](O[C@H]2[C@H](OC3CC[C@]4(C)[C@H]5CC[C@@H]6[C@@H]7[C@]8(C[C@@]6(CO8)[C@]5(C)CC[C@H]4C3(C)C)O[C@@H]3C[C@H](C(C)(C)O)O[C@]73C)O[C@H](CO)[C@H](O)[C@@H]2O)[C@H](O)[C@H](O)[C@H]1O. The van der Waals surface area contributed by atoms with Crippen LogP contribution < -0.4 is 0 Å². The zero-order valence-electron chi connectivity index (χ0n) is 34.4. The summed E-state index contributed by atoms with van der Waals surface area (Å²) in [6.07, 6.45) is -6.98. The van der Waals surface area contributed by atoms with Gasteiger partial charge in [0.2, 0.25) is 0 Å². The van der Waals surface area contributed by atoms with Gasteiger partial charge in [-0.25, -0.2) is 0 Å². The molecule has 14 nitrogen and oxygen atoms in total. The molecule has 56 heavy (non-hydrogen) atoms. The van der Waals surface area contributed by atoms with Crippen LogP contribution in [0.1, 0.15) is 107 Å². The van der Waals surface area contributed by atoms with Crippen molar-refractivity contribution < 1.29 is 68.9 Å². The van der Waals surface area contributed by atoms with Gasteiger partial charge in [-0.15, -0.1) is 0 Å². The molecule has 9 rings (SSSR count). The highest BCUT2D eigenvalue weighted by atomic mass is 16.8. The summed E-state index contributed by atoms with van der Waals surface area (Å²) in [6.45, 7) is 17.1. The van der Waals surface area contributed by atoms with Crippen LogP contribution in [0, 0.1) is 45.3 Å². The summed E-state index contributed by atoms with van der Waals surface area (Å²) in [5.74, 6) is 0.596. The van der Waals surface area contributed by atoms with E-state index in [0.717, 1.165) is 38.5 Å². The predicted molar refractivity (Wildman–Crippen MR) is 196 cm³/mol. The van der Waals surface area contributed by atoms with Crippen molar-refractivity contribution >= 4 is 0 Å². The summed E-state index contributed by atoms with van der Waals surface area (Å²) in [5.41, 5.74) is -1.86. The minimum absolute atomic E-state index is 0.00742. The highest BCUT2D eigenvalue weighted by Gasteiger charge is 2.84. The lowest BCUT2D eigenvalue weighted by molar-refractivity contribution is -0.376. The van der Waals surface area contributed by atoms with Crippen molar-refractivity contribution in [3.8, 4) is 0 Å². The van der Waals surface area contributed by atoms with Crippen LogP contribution in [0.15, 0.2) is 0 Å². The molecule has 0 aromatic rings. The first-order chi connectivity index (χ1) is 26.1. The molecule has 7 N–H and O–H groups in total. The molecule has 2 bridgehead atoms. The third-order valence-electron chi connectivity index (χ3n) is 18.0. The first kappa shape index (κ1) is 40.8. The standard InChI is InChI=1S/C42H68O14/c1-19-27(44)29(46)31(48)34(51-19)54-32-30(47)28(45)21(16-43)52-35(32)53-24-12-13-38(6)22(36(24,2)3)11-14-39(7)23(38)10-9-20-33-40(8)26(15-25(55-40)37(4,5)49)56-42(33)17-41(20,39)18-50-42/h19-35,43-49H,9-18H2,1-8H3/t19-,20+,21+,22-,23+,24?,25+,26+,27-,28-,29+,30-,31+,32+,33-,34-,35-,38-,39+,40-,41-,42-/m0/s1. The highest BCUT2D eigenvalue weighted by Crippen LogP contribution is 2.81. The van der Waals surface area contributed by atoms with Crippen LogP contribution in [0.5, 0.6) is 0 Å². The third-order valence-corrected chi connectivity index (χ3v) is 18.0. The van der Waals surface area contributed by atoms with Crippen molar-refractivity contribution in [1.82, 2.24) is 0 Å². The molecular weight excluding hydrogens is 728 g/mol. The maximum Gasteiger partial charge on any atom is 0.187 e. The Morgan fingerprint density at radius 1 is 0.768 bits per heavy atom. The average molecular weight is 797 g/mol. The van der Waals surface area contributed by atoms with Gasteiger partial charge >= 0.3 is 0 Å². The third kappa shape index (κ3) is 5.30. The Balaban J connectivity index is 0.957. The first-order valence-electron chi connectivity index (χ1n) is 21.4. The molecule has 5 saturated heterocycles. The molecule has 0 aromatic heterocycles. The summed E-state index contributed by atoms with van der Waals surface area (Å²) in [5, 5.41) is 74.7. The minimum Gasteiger partial charge on any atom is -0.394 e. The number of aliphatic hydroxyl groups excluding tert-OH is 6. The van der Waals surface area contributed by atoms with E-state index in [0.29, 0.717) is 31.3 Å². The van der Waals surface area contributed by atoms with E-state index in [1.807, 2.05) is 13.8 Å². The Bertz CT molecular complexity index is 1520. The lowest BCUT2D eigenvalue weighted by Gasteiger charge is -2.70. The van der Waals surface area contributed by atoms with E-state index < -0.39 is 85.0 Å². The monoisotopic (exact) mass is 796 g/mol. The zero-order chi connectivity index (χ0) is 40.3. The molecule has 5 aliphatic heterocycles. The van der Waals surface area contributed by atoms with E-state index in [4.69, 9.17) is 33.2 Å². The maximum atomic E-state index is 11.3. The number of aliphatic hydroxyl groups is 7. The number of rotatable bonds is 6. The molecule has 14 heteroatoms. The van der Waals surface area contributed by atoms with Gasteiger partial charge in [-0.1, -0.05) is 27.7 Å². The number of ether oxygens (including phenoxy) is 7. The first-order valence-corrected chi connectivity index (χ1v) is 21.4. The Morgan fingerprint density at radius 3 is 2.20 bits per heavy atom. The quantitative estimate of drug-likeness (QED) is 0.192. The van der Waals surface area contributed by atoms with Gasteiger partial charge in [0.15, 0.2) is 18.4 Å². The van der Waals surface area contributed by atoms with Crippen LogP contribution >= 0.6 is 0 Å². The lowest BCUT2D eigenvalue weighted by Crippen LogP contribution is -2.67. The average Bonchev–Trinajstić information content (AvgIpc) is 3.82. The van der Waals surface area contributed by atoms with Gasteiger partial charge in [0, 0.05) is 24.2 Å². The van der Waals surface area contributed by atoms with Crippen molar-refractivity contribution in [2.24, 2.45) is 45.3 Å². The van der Waals surface area contributed by atoms with E-state index in [9.17, 15) is 35.7 Å². The molecule has 9 aliphatic rings. The van der Waals surface area contributed by atoms with Crippen molar-refractivity contribution in [2.75, 3.05) is 13.2 Å². The van der Waals surface area contributed by atoms with Crippen LogP contribution in [0.2, 0.25) is 0 Å². The van der Waals surface area contributed by atoms with Gasteiger partial charge in [-0.3, -0.25) is 0 Å². The molecule has 4 saturated carbocycles. The predicted octanol–water partition coefficient (Wildman–Crippen LogP) is 1.74. The maximum absolute atomic E-state index is 11.3. The molecule has 9 fully saturated rings. The summed E-state index contributed by atoms with van der Waals surface area (Å²) in [7, 11) is 0. The molecular formula is C42H68O14. The Kier molecular flexibility index (Phi) is 9.46. The molecule has 22 atom stereocenters. The normalized spacial score (nSPS) is 59.9. The fraction of sp³-hybridized carbons (Fsp3) is 1.00. The molecule has 0 aromatic carbocycles. The Hall–Kier alpha value is -0.560. The van der Waals surface area contributed by atoms with E-state index in [2.05, 4.69) is 34.6 Å². The fourth-order valence-corrected chi connectivity index (χ4v) is 15.2. The van der Waals surface area contributed by atoms with Crippen molar-refractivity contribution in [1.29, 1.82) is 0 Å². The highest BCUT2D eigenvalue weighted by molar-refractivity contribution is 5.29. The number of hydrogen-bond donors (Lipinski definition) is 7. The van der Waals surface area contributed by atoms with Crippen LogP contribution in [0.4, 0.5) is 0 Å². The van der Waals surface area contributed by atoms with Crippen molar-refractivity contribution in [3.63, 3.8) is 0 Å². The Labute approximate surface area is 330 Å². The van der Waals surface area contributed by atoms with E-state index in [-0.39, 0.29) is 51.8 Å². The van der Waals surface area contributed by atoms with Gasteiger partial charge in [-0.2, -0.15) is 0 Å². The summed E-state index contributed by atoms with van der Waals surface area (Å²) < 4.78 is 45.4. The van der Waals surface area contributed by atoms with Crippen molar-refractivity contribution in [2.45, 2.75) is 203 Å². The van der Waals surface area contributed by atoms with Crippen LogP contribution in [0.3, 0.4) is 0 Å². The van der Waals surface area contributed by atoms with Gasteiger partial charge in [-0.05, 0) is 100 Å². The summed E-state index contributed by atoms with van der Waals surface area (Å²) in [6, 6.07) is 0. The molecule has 320 valence electrons. The molecule has 2 spiro atoms. The van der Waals surface area contributed by atoms with Crippen molar-refractivity contribution in [3.05, 3.63) is 0 Å². The molecule has 5 heterocycles. The molecule has 1 unspecified atom stereocenters. The topological polar surface area (TPSA) is 206 Å². The Morgan fingerprint density at radius 2 is 1.50 bits per heavy atom. The number of fused-ring (bicyclic) bond motifs is 6. The molecule has 0 amide bonds. The summed E-state index contributed by atoms with van der Waals surface area (Å²) >= 11 is 0. The smallest absolute Gasteiger partial charge is 0.187 e. The van der Waals surface area contributed by atoms with E-state index in [1.54, 1.807) is 0 Å². The van der Waals surface area contributed by atoms with Crippen LogP contribution in [0.25, 0.3) is 0 Å². The van der Waals surface area contributed by atoms with Gasteiger partial charge in [0.25, 0.3) is 0 Å². The summed E-state index contributed by atoms with van der Waals surface area (Å²) in [4.78, 5) is 0. The van der Waals surface area contributed by atoms with Gasteiger partial charge in [0.1, 0.15) is 48.3 Å². The second-order valence-electron chi connectivity index (χ2n) is 21.4. The second kappa shape index (κ2) is 13.0. The molecule has 0 radical (unpaired) electrons. The minimum atomic E-state index is -1.63. The number of hydrogen-bond acceptors (Lipinski definition) is 14. The van der Waals surface area contributed by atoms with Gasteiger partial charge < -0.3 is 68.9 Å². The largest absolute Gasteiger partial charge is 0.394 e. The van der Waals surface area contributed by atoms with E-state index >= 15 is 0 Å². The second-order valence-corrected chi connectivity index (χ2v) is 21.4. The van der Waals surface area contributed by atoms with Crippen LogP contribution in [-0.2, 0) is 33.2 Å².